The maximum Gasteiger partial charge on any atom is 0.0695 e. The molecule has 0 saturated carbocycles. The minimum absolute atomic E-state index is 0.378. The zero-order valence-corrected chi connectivity index (χ0v) is 9.50. The van der Waals surface area contributed by atoms with E-state index in [4.69, 9.17) is 0 Å². The monoisotopic (exact) mass is 269 g/mol. The number of piperidine rings is 1. The molecule has 0 aromatic rings. The van der Waals surface area contributed by atoms with Crippen molar-refractivity contribution in [1.29, 1.82) is 0 Å². The van der Waals surface area contributed by atoms with Crippen molar-refractivity contribution in [3.63, 3.8) is 0 Å². The summed E-state index contributed by atoms with van der Waals surface area (Å²) in [6.07, 6.45) is 0. The molecule has 3 heteroatoms. The van der Waals surface area contributed by atoms with E-state index in [2.05, 4.69) is 39.8 Å². The van der Waals surface area contributed by atoms with E-state index in [-0.39, 0.29) is 0 Å². The third-order valence-corrected chi connectivity index (χ3v) is 3.73. The van der Waals surface area contributed by atoms with E-state index in [1.165, 1.54) is 0 Å². The minimum atomic E-state index is -0.471. The average molecular weight is 269 g/mol. The van der Waals surface area contributed by atoms with Gasteiger partial charge in [-0.05, 0) is 18.8 Å². The second kappa shape index (κ2) is 3.18. The van der Waals surface area contributed by atoms with Crippen molar-refractivity contribution in [1.82, 2.24) is 3.11 Å². The lowest BCUT2D eigenvalue weighted by molar-refractivity contribution is -0.0705. The molecule has 0 bridgehead atoms. The summed E-state index contributed by atoms with van der Waals surface area (Å²) in [5.41, 5.74) is -0.471. The largest absolute Gasteiger partial charge is 0.390 e. The quantitative estimate of drug-likeness (QED) is 0.534. The molecule has 1 aliphatic rings. The molecular formula is C8H16INO. The molecular weight excluding hydrogens is 253 g/mol. The Morgan fingerprint density at radius 2 is 1.73 bits per heavy atom. The number of hydrogen-bond acceptors (Lipinski definition) is 2. The Hall–Kier alpha value is 0.650. The maximum atomic E-state index is 10.00. The van der Waals surface area contributed by atoms with Crippen molar-refractivity contribution in [3.8, 4) is 0 Å². The molecule has 1 rings (SSSR count). The van der Waals surface area contributed by atoms with Gasteiger partial charge in [0.25, 0.3) is 0 Å². The fourth-order valence-electron chi connectivity index (χ4n) is 1.52. The topological polar surface area (TPSA) is 23.5 Å². The lowest BCUT2D eigenvalue weighted by Crippen LogP contribution is -2.51. The highest BCUT2D eigenvalue weighted by atomic mass is 127. The minimum Gasteiger partial charge on any atom is -0.390 e. The molecule has 2 nitrogen and oxygen atoms in total. The molecule has 0 amide bonds. The van der Waals surface area contributed by atoms with Gasteiger partial charge in [0.15, 0.2) is 0 Å². The molecule has 1 fully saturated rings. The maximum absolute atomic E-state index is 10.00. The van der Waals surface area contributed by atoms with Gasteiger partial charge in [-0.2, -0.15) is 0 Å². The van der Waals surface area contributed by atoms with Gasteiger partial charge in [0, 0.05) is 36.0 Å². The van der Waals surface area contributed by atoms with Gasteiger partial charge in [-0.3, -0.25) is 0 Å². The van der Waals surface area contributed by atoms with Crippen molar-refractivity contribution in [2.24, 2.45) is 11.8 Å². The van der Waals surface area contributed by atoms with E-state index in [0.29, 0.717) is 11.8 Å². The van der Waals surface area contributed by atoms with Crippen molar-refractivity contribution in [2.45, 2.75) is 26.4 Å². The van der Waals surface area contributed by atoms with Gasteiger partial charge in [0.05, 0.1) is 5.60 Å². The molecule has 2 atom stereocenters. The van der Waals surface area contributed by atoms with Crippen LogP contribution in [-0.2, 0) is 0 Å². The number of aliphatic hydroxyl groups is 1. The van der Waals surface area contributed by atoms with Crippen LogP contribution in [0.15, 0.2) is 0 Å². The Bertz CT molecular complexity index is 135. The van der Waals surface area contributed by atoms with Crippen molar-refractivity contribution < 1.29 is 5.11 Å². The second-order valence-electron chi connectivity index (χ2n) is 3.86. The van der Waals surface area contributed by atoms with E-state index in [9.17, 15) is 5.11 Å². The van der Waals surface area contributed by atoms with Crippen LogP contribution < -0.4 is 0 Å². The number of halogens is 1. The van der Waals surface area contributed by atoms with E-state index < -0.39 is 5.60 Å². The van der Waals surface area contributed by atoms with Crippen LogP contribution >= 0.6 is 22.9 Å². The molecule has 0 aromatic heterocycles. The van der Waals surface area contributed by atoms with Crippen molar-refractivity contribution in [3.05, 3.63) is 0 Å². The van der Waals surface area contributed by atoms with Gasteiger partial charge in [-0.15, -0.1) is 0 Å². The van der Waals surface area contributed by atoms with Gasteiger partial charge in [-0.1, -0.05) is 13.8 Å². The standard InChI is InChI=1S/C8H16INO/c1-6-4-10(9)5-7(2)8(6,3)11/h6-7,11H,4-5H2,1-3H3. The first-order chi connectivity index (χ1) is 4.94. The summed E-state index contributed by atoms with van der Waals surface area (Å²) in [6, 6.07) is 0. The number of hydrogen-bond donors (Lipinski definition) is 1. The first kappa shape index (κ1) is 9.74. The summed E-state index contributed by atoms with van der Waals surface area (Å²) in [6.45, 7) is 8.17. The van der Waals surface area contributed by atoms with Crippen LogP contribution in [0, 0.1) is 11.8 Å². The fourth-order valence-corrected chi connectivity index (χ4v) is 2.71. The highest BCUT2D eigenvalue weighted by Crippen LogP contribution is 2.33. The van der Waals surface area contributed by atoms with Crippen LogP contribution in [0.3, 0.4) is 0 Å². The zero-order chi connectivity index (χ0) is 8.65. The van der Waals surface area contributed by atoms with Gasteiger partial charge in [0.1, 0.15) is 0 Å². The van der Waals surface area contributed by atoms with Crippen LogP contribution in [0.4, 0.5) is 0 Å². The van der Waals surface area contributed by atoms with Crippen molar-refractivity contribution in [2.75, 3.05) is 13.1 Å². The van der Waals surface area contributed by atoms with Crippen LogP contribution in [-0.4, -0.2) is 26.9 Å². The Morgan fingerprint density at radius 3 is 2.09 bits per heavy atom. The molecule has 1 aliphatic heterocycles. The molecule has 66 valence electrons. The summed E-state index contributed by atoms with van der Waals surface area (Å²) < 4.78 is 2.26. The zero-order valence-electron chi connectivity index (χ0n) is 7.34. The Labute approximate surface area is 82.5 Å². The summed E-state index contributed by atoms with van der Waals surface area (Å²) in [5.74, 6) is 0.756. The first-order valence-electron chi connectivity index (χ1n) is 4.07. The van der Waals surface area contributed by atoms with Gasteiger partial charge < -0.3 is 5.11 Å². The van der Waals surface area contributed by atoms with Crippen LogP contribution in [0.1, 0.15) is 20.8 Å². The molecule has 1 heterocycles. The van der Waals surface area contributed by atoms with E-state index in [1.54, 1.807) is 0 Å². The number of nitrogens with zero attached hydrogens (tertiary/aromatic N) is 1. The van der Waals surface area contributed by atoms with Crippen molar-refractivity contribution >= 4 is 22.9 Å². The Kier molecular flexibility index (Phi) is 2.82. The van der Waals surface area contributed by atoms with Crippen LogP contribution in [0.5, 0.6) is 0 Å². The lowest BCUT2D eigenvalue weighted by atomic mass is 9.77. The van der Waals surface area contributed by atoms with E-state index in [1.807, 2.05) is 6.92 Å². The van der Waals surface area contributed by atoms with E-state index >= 15 is 0 Å². The summed E-state index contributed by atoms with van der Waals surface area (Å²) >= 11 is 2.33. The molecule has 0 spiro atoms. The third-order valence-electron chi connectivity index (χ3n) is 2.94. The van der Waals surface area contributed by atoms with Gasteiger partial charge >= 0.3 is 0 Å². The number of rotatable bonds is 0. The molecule has 11 heavy (non-hydrogen) atoms. The lowest BCUT2D eigenvalue weighted by Gasteiger charge is -2.43. The smallest absolute Gasteiger partial charge is 0.0695 e. The molecule has 0 radical (unpaired) electrons. The summed E-state index contributed by atoms with van der Waals surface area (Å²) in [7, 11) is 0. The highest BCUT2D eigenvalue weighted by molar-refractivity contribution is 14.1. The second-order valence-corrected chi connectivity index (χ2v) is 5.22. The first-order valence-corrected chi connectivity index (χ1v) is 5.04. The fraction of sp³-hybridized carbons (Fsp3) is 1.00. The molecule has 1 N–H and O–H groups in total. The predicted octanol–water partition coefficient (Wildman–Crippen LogP) is 1.68. The SMILES string of the molecule is CC1CN(I)CC(C)C1(C)O. The molecule has 1 saturated heterocycles. The normalized spacial score (nSPS) is 47.7. The third kappa shape index (κ3) is 1.87. The molecule has 0 aromatic carbocycles. The summed E-state index contributed by atoms with van der Waals surface area (Å²) in [5, 5.41) is 10.00. The summed E-state index contributed by atoms with van der Waals surface area (Å²) in [4.78, 5) is 0. The Morgan fingerprint density at radius 1 is 1.36 bits per heavy atom. The van der Waals surface area contributed by atoms with Crippen LogP contribution in [0.2, 0.25) is 0 Å². The van der Waals surface area contributed by atoms with Gasteiger partial charge in [0.2, 0.25) is 0 Å². The van der Waals surface area contributed by atoms with Crippen LogP contribution in [0.25, 0.3) is 0 Å². The van der Waals surface area contributed by atoms with Gasteiger partial charge in [-0.25, -0.2) is 3.11 Å². The molecule has 0 aliphatic carbocycles. The highest BCUT2D eigenvalue weighted by Gasteiger charge is 2.39. The van der Waals surface area contributed by atoms with E-state index in [0.717, 1.165) is 13.1 Å². The Balaban J connectivity index is 2.67. The average Bonchev–Trinajstić information content (AvgIpc) is 1.84. The predicted molar refractivity (Wildman–Crippen MR) is 54.5 cm³/mol. The molecule has 2 unspecified atom stereocenters.